The minimum Gasteiger partial charge on any atom is -0.478 e. The zero-order chi connectivity index (χ0) is 15.1. The number of nitrogens with one attached hydrogen (secondary N) is 1. The summed E-state index contributed by atoms with van der Waals surface area (Å²) in [5.74, 6) is -0.841. The molecule has 5 nitrogen and oxygen atoms in total. The summed E-state index contributed by atoms with van der Waals surface area (Å²) < 4.78 is 0. The van der Waals surface area contributed by atoms with Crippen molar-refractivity contribution in [3.8, 4) is 0 Å². The number of rotatable bonds is 2. The lowest BCUT2D eigenvalue weighted by atomic mass is 9.97. The van der Waals surface area contributed by atoms with Gasteiger partial charge in [0.05, 0.1) is 22.2 Å². The molecule has 21 heavy (non-hydrogen) atoms. The molecular weight excluding hydrogens is 268 g/mol. The van der Waals surface area contributed by atoms with Crippen LogP contribution in [0.25, 0.3) is 21.7 Å². The largest absolute Gasteiger partial charge is 0.478 e. The van der Waals surface area contributed by atoms with Gasteiger partial charge in [0.2, 0.25) is 0 Å². The lowest BCUT2D eigenvalue weighted by Gasteiger charge is -2.12. The average molecular weight is 282 g/mol. The predicted molar refractivity (Wildman–Crippen MR) is 80.9 cm³/mol. The van der Waals surface area contributed by atoms with E-state index in [0.717, 1.165) is 11.1 Å². The first-order valence-corrected chi connectivity index (χ1v) is 6.67. The molecule has 0 saturated carbocycles. The lowest BCUT2D eigenvalue weighted by Crippen LogP contribution is -2.08. The highest BCUT2D eigenvalue weighted by molar-refractivity contribution is 6.08. The third-order valence-electron chi connectivity index (χ3n) is 3.54. The van der Waals surface area contributed by atoms with Crippen molar-refractivity contribution < 1.29 is 9.90 Å². The summed E-state index contributed by atoms with van der Waals surface area (Å²) in [6.07, 6.45) is 1.55. The number of nitrogens with zero attached hydrogens (tertiary/aromatic N) is 1. The second kappa shape index (κ2) is 4.70. The number of H-pyrrole nitrogens is 1. The molecule has 1 aromatic carbocycles. The van der Waals surface area contributed by atoms with Crippen LogP contribution in [0.15, 0.2) is 35.3 Å². The number of carboxylic acid groups (broad SMARTS) is 1. The fourth-order valence-electron chi connectivity index (χ4n) is 2.56. The third-order valence-corrected chi connectivity index (χ3v) is 3.54. The number of aromatic amines is 1. The molecule has 2 N–H and O–H groups in total. The van der Waals surface area contributed by atoms with E-state index in [1.54, 1.807) is 30.5 Å². The summed E-state index contributed by atoms with van der Waals surface area (Å²) in [4.78, 5) is 30.5. The number of aromatic nitrogens is 2. The van der Waals surface area contributed by atoms with E-state index in [1.165, 1.54) is 0 Å². The molecule has 0 aliphatic heterocycles. The number of benzene rings is 1. The molecule has 0 spiro atoms. The Bertz CT molecular complexity index is 926. The molecule has 3 aromatic rings. The summed E-state index contributed by atoms with van der Waals surface area (Å²) in [6.45, 7) is 4.04. The van der Waals surface area contributed by atoms with Crippen molar-refractivity contribution >= 4 is 27.6 Å². The van der Waals surface area contributed by atoms with Gasteiger partial charge in [0, 0.05) is 11.6 Å². The zero-order valence-electron chi connectivity index (χ0n) is 11.7. The Balaban J connectivity index is 2.57. The summed E-state index contributed by atoms with van der Waals surface area (Å²) in [5.41, 5.74) is 1.34. The Hall–Kier alpha value is -2.69. The van der Waals surface area contributed by atoms with Gasteiger partial charge in [-0.2, -0.15) is 0 Å². The topological polar surface area (TPSA) is 83.0 Å². The van der Waals surface area contributed by atoms with Crippen LogP contribution in [0, 0.1) is 0 Å². The highest BCUT2D eigenvalue weighted by atomic mass is 16.4. The van der Waals surface area contributed by atoms with Gasteiger partial charge in [-0.25, -0.2) is 4.79 Å². The fraction of sp³-hybridized carbons (Fsp3) is 0.188. The van der Waals surface area contributed by atoms with Crippen LogP contribution in [0.4, 0.5) is 0 Å². The quantitative estimate of drug-likeness (QED) is 0.708. The van der Waals surface area contributed by atoms with Gasteiger partial charge < -0.3 is 10.1 Å². The van der Waals surface area contributed by atoms with Crippen molar-refractivity contribution in [2.45, 2.75) is 19.8 Å². The SMILES string of the molecule is CC(C)c1nc2cc[nH]c(=O)c2c2cc(C(=O)O)ccc12. The molecule has 2 aromatic heterocycles. The van der Waals surface area contributed by atoms with Gasteiger partial charge in [-0.1, -0.05) is 19.9 Å². The van der Waals surface area contributed by atoms with E-state index in [9.17, 15) is 9.59 Å². The second-order valence-electron chi connectivity index (χ2n) is 5.28. The van der Waals surface area contributed by atoms with Crippen LogP contribution < -0.4 is 5.56 Å². The van der Waals surface area contributed by atoms with Crippen LogP contribution in [0.5, 0.6) is 0 Å². The molecule has 0 radical (unpaired) electrons. The maximum atomic E-state index is 12.1. The van der Waals surface area contributed by atoms with E-state index in [1.807, 2.05) is 13.8 Å². The molecule has 2 heterocycles. The maximum absolute atomic E-state index is 12.1. The Morgan fingerprint density at radius 3 is 2.67 bits per heavy atom. The molecule has 0 aliphatic carbocycles. The van der Waals surface area contributed by atoms with Gasteiger partial charge >= 0.3 is 5.97 Å². The van der Waals surface area contributed by atoms with E-state index >= 15 is 0 Å². The van der Waals surface area contributed by atoms with Gasteiger partial charge in [-0.3, -0.25) is 9.78 Å². The Labute approximate surface area is 120 Å². The van der Waals surface area contributed by atoms with Crippen molar-refractivity contribution in [1.29, 1.82) is 0 Å². The van der Waals surface area contributed by atoms with E-state index < -0.39 is 5.97 Å². The molecule has 0 saturated heterocycles. The number of carboxylic acids is 1. The number of hydrogen-bond acceptors (Lipinski definition) is 3. The predicted octanol–water partition coefficient (Wildman–Crippen LogP) is 2.90. The summed E-state index contributed by atoms with van der Waals surface area (Å²) in [6, 6.07) is 6.55. The Kier molecular flexibility index (Phi) is 2.97. The van der Waals surface area contributed by atoms with Crippen LogP contribution in [0.3, 0.4) is 0 Å². The van der Waals surface area contributed by atoms with Crippen LogP contribution >= 0.6 is 0 Å². The second-order valence-corrected chi connectivity index (χ2v) is 5.28. The maximum Gasteiger partial charge on any atom is 0.335 e. The molecule has 0 unspecified atom stereocenters. The van der Waals surface area contributed by atoms with E-state index in [0.29, 0.717) is 16.3 Å². The monoisotopic (exact) mass is 282 g/mol. The minimum absolute atomic E-state index is 0.160. The molecule has 3 rings (SSSR count). The van der Waals surface area contributed by atoms with Gasteiger partial charge in [0.25, 0.3) is 5.56 Å². The van der Waals surface area contributed by atoms with Crippen molar-refractivity contribution in [3.05, 3.63) is 52.1 Å². The smallest absolute Gasteiger partial charge is 0.335 e. The van der Waals surface area contributed by atoms with Gasteiger partial charge in [-0.15, -0.1) is 0 Å². The third kappa shape index (κ3) is 2.07. The molecule has 0 bridgehead atoms. The normalized spacial score (nSPS) is 11.4. The first kappa shape index (κ1) is 13.3. The van der Waals surface area contributed by atoms with E-state index in [2.05, 4.69) is 9.97 Å². The van der Waals surface area contributed by atoms with Crippen LogP contribution in [-0.2, 0) is 0 Å². The van der Waals surface area contributed by atoms with Crippen molar-refractivity contribution in [2.75, 3.05) is 0 Å². The Morgan fingerprint density at radius 1 is 1.24 bits per heavy atom. The number of hydrogen-bond donors (Lipinski definition) is 2. The molecule has 0 aliphatic rings. The summed E-state index contributed by atoms with van der Waals surface area (Å²) >= 11 is 0. The molecule has 106 valence electrons. The Morgan fingerprint density at radius 2 is 2.00 bits per heavy atom. The lowest BCUT2D eigenvalue weighted by molar-refractivity contribution is 0.0697. The molecule has 0 fully saturated rings. The highest BCUT2D eigenvalue weighted by Crippen LogP contribution is 2.29. The van der Waals surface area contributed by atoms with Crippen molar-refractivity contribution in [2.24, 2.45) is 0 Å². The molecule has 0 atom stereocenters. The van der Waals surface area contributed by atoms with Gasteiger partial charge in [-0.05, 0) is 29.5 Å². The minimum atomic E-state index is -1.01. The van der Waals surface area contributed by atoms with Crippen molar-refractivity contribution in [3.63, 3.8) is 0 Å². The van der Waals surface area contributed by atoms with E-state index in [-0.39, 0.29) is 17.0 Å². The first-order valence-electron chi connectivity index (χ1n) is 6.67. The molecule has 5 heteroatoms. The number of fused-ring (bicyclic) bond motifs is 3. The number of carbonyl (C=O) groups is 1. The fourth-order valence-corrected chi connectivity index (χ4v) is 2.56. The number of aromatic carboxylic acids is 1. The number of pyridine rings is 2. The standard InChI is InChI=1S/C16H14N2O3/c1-8(2)14-10-4-3-9(16(20)21)7-11(10)13-12(18-14)5-6-17-15(13)19/h3-8H,1-2H3,(H,17,19)(H,20,21). The van der Waals surface area contributed by atoms with Gasteiger partial charge in [0.15, 0.2) is 0 Å². The first-order chi connectivity index (χ1) is 9.99. The highest BCUT2D eigenvalue weighted by Gasteiger charge is 2.15. The van der Waals surface area contributed by atoms with Crippen LogP contribution in [0.2, 0.25) is 0 Å². The van der Waals surface area contributed by atoms with Gasteiger partial charge in [0.1, 0.15) is 0 Å². The van der Waals surface area contributed by atoms with E-state index in [4.69, 9.17) is 5.11 Å². The average Bonchev–Trinajstić information content (AvgIpc) is 2.45. The summed E-state index contributed by atoms with van der Waals surface area (Å²) in [7, 11) is 0. The zero-order valence-corrected chi connectivity index (χ0v) is 11.7. The van der Waals surface area contributed by atoms with Crippen molar-refractivity contribution in [1.82, 2.24) is 9.97 Å². The molecular formula is C16H14N2O3. The van der Waals surface area contributed by atoms with Crippen LogP contribution in [0.1, 0.15) is 35.8 Å². The summed E-state index contributed by atoms with van der Waals surface area (Å²) in [5, 5.41) is 11.0. The molecule has 0 amide bonds. The van der Waals surface area contributed by atoms with Crippen LogP contribution in [-0.4, -0.2) is 21.0 Å².